The van der Waals surface area contributed by atoms with Gasteiger partial charge in [-0.3, -0.25) is 0 Å². The summed E-state index contributed by atoms with van der Waals surface area (Å²) < 4.78 is 0. The van der Waals surface area contributed by atoms with Gasteiger partial charge in [-0.15, -0.1) is 0 Å². The van der Waals surface area contributed by atoms with E-state index in [-0.39, 0.29) is 11.5 Å². The van der Waals surface area contributed by atoms with Gasteiger partial charge in [0.05, 0.1) is 0 Å². The molecule has 0 bridgehead atoms. The molecule has 0 fully saturated rings. The second-order valence-electron chi connectivity index (χ2n) is 5.13. The first-order valence-electron chi connectivity index (χ1n) is 7.87. The van der Waals surface area contributed by atoms with E-state index in [4.69, 9.17) is 10.2 Å². The molecule has 0 spiro atoms. The van der Waals surface area contributed by atoms with Crippen molar-refractivity contribution in [3.05, 3.63) is 59.7 Å². The first-order chi connectivity index (χ1) is 10.6. The summed E-state index contributed by atoms with van der Waals surface area (Å²) in [5.74, 6) is 0.564. The molecule has 0 saturated carbocycles. The molecule has 0 heterocycles. The lowest BCUT2D eigenvalue weighted by Gasteiger charge is -2.13. The molecule has 2 N–H and O–H groups in total. The van der Waals surface area contributed by atoms with Crippen LogP contribution in [-0.4, -0.2) is 34.7 Å². The molecule has 0 radical (unpaired) electrons. The minimum atomic E-state index is 0.282. The second kappa shape index (κ2) is 9.85. The van der Waals surface area contributed by atoms with E-state index in [1.165, 1.54) is 19.6 Å². The summed E-state index contributed by atoms with van der Waals surface area (Å²) in [6, 6.07) is 14.3. The van der Waals surface area contributed by atoms with E-state index in [0.29, 0.717) is 0 Å². The standard InChI is InChI=1S/C13H12O2.C6H15N/c14-12-5-1-10(2-6-12)9-11-3-7-13(15)8-4-11;1-4-7(5-2)6-3/h1-8,14-15H,9H2;4-6H2,1-3H3. The largest absolute Gasteiger partial charge is 0.508 e. The van der Waals surface area contributed by atoms with Crippen LogP contribution in [0.4, 0.5) is 0 Å². The monoisotopic (exact) mass is 301 g/mol. The maximum absolute atomic E-state index is 9.13. The third-order valence-electron chi connectivity index (χ3n) is 3.62. The molecular formula is C19H27NO2. The van der Waals surface area contributed by atoms with Crippen molar-refractivity contribution >= 4 is 0 Å². The fourth-order valence-corrected chi connectivity index (χ4v) is 2.13. The quantitative estimate of drug-likeness (QED) is 0.876. The van der Waals surface area contributed by atoms with Crippen molar-refractivity contribution < 1.29 is 10.2 Å². The summed E-state index contributed by atoms with van der Waals surface area (Å²) in [7, 11) is 0. The molecule has 0 aliphatic heterocycles. The van der Waals surface area contributed by atoms with Gasteiger partial charge in [0.1, 0.15) is 11.5 Å². The zero-order valence-corrected chi connectivity index (χ0v) is 13.8. The summed E-state index contributed by atoms with van der Waals surface area (Å²) in [6.07, 6.45) is 0.806. The van der Waals surface area contributed by atoms with Crippen molar-refractivity contribution in [2.75, 3.05) is 19.6 Å². The number of benzene rings is 2. The van der Waals surface area contributed by atoms with Crippen LogP contribution in [0.3, 0.4) is 0 Å². The van der Waals surface area contributed by atoms with Crippen molar-refractivity contribution in [3.63, 3.8) is 0 Å². The van der Waals surface area contributed by atoms with Crippen LogP contribution in [0.25, 0.3) is 0 Å². The van der Waals surface area contributed by atoms with Gasteiger partial charge < -0.3 is 15.1 Å². The maximum Gasteiger partial charge on any atom is 0.115 e. The van der Waals surface area contributed by atoms with Crippen LogP contribution in [0.2, 0.25) is 0 Å². The minimum absolute atomic E-state index is 0.282. The van der Waals surface area contributed by atoms with Gasteiger partial charge >= 0.3 is 0 Å². The lowest BCUT2D eigenvalue weighted by Crippen LogP contribution is -2.21. The molecule has 2 aromatic carbocycles. The lowest BCUT2D eigenvalue weighted by atomic mass is 10.1. The number of hydrogen-bond acceptors (Lipinski definition) is 3. The number of nitrogens with zero attached hydrogens (tertiary/aromatic N) is 1. The van der Waals surface area contributed by atoms with Crippen molar-refractivity contribution in [3.8, 4) is 11.5 Å². The Bertz CT molecular complexity index is 467. The van der Waals surface area contributed by atoms with Gasteiger partial charge in [-0.25, -0.2) is 0 Å². The summed E-state index contributed by atoms with van der Waals surface area (Å²) in [4.78, 5) is 2.38. The molecule has 3 nitrogen and oxygen atoms in total. The molecule has 0 aliphatic carbocycles. The number of phenols is 2. The number of aromatic hydroxyl groups is 2. The molecule has 3 heteroatoms. The van der Waals surface area contributed by atoms with Gasteiger partial charge in [-0.1, -0.05) is 45.0 Å². The Balaban J connectivity index is 0.000000295. The van der Waals surface area contributed by atoms with E-state index in [1.807, 2.05) is 24.3 Å². The normalized spacial score (nSPS) is 10.2. The van der Waals surface area contributed by atoms with E-state index in [9.17, 15) is 0 Å². The zero-order valence-electron chi connectivity index (χ0n) is 13.8. The van der Waals surface area contributed by atoms with Crippen LogP contribution in [0, 0.1) is 0 Å². The third kappa shape index (κ3) is 6.64. The van der Waals surface area contributed by atoms with Crippen LogP contribution < -0.4 is 0 Å². The summed E-state index contributed by atoms with van der Waals surface area (Å²) in [5, 5.41) is 18.3. The van der Waals surface area contributed by atoms with E-state index in [1.54, 1.807) is 24.3 Å². The third-order valence-corrected chi connectivity index (χ3v) is 3.62. The van der Waals surface area contributed by atoms with Crippen LogP contribution in [0.15, 0.2) is 48.5 Å². The van der Waals surface area contributed by atoms with Crippen LogP contribution in [0.5, 0.6) is 11.5 Å². The van der Waals surface area contributed by atoms with Crippen LogP contribution in [0.1, 0.15) is 31.9 Å². The molecule has 22 heavy (non-hydrogen) atoms. The molecule has 0 amide bonds. The number of hydrogen-bond donors (Lipinski definition) is 2. The van der Waals surface area contributed by atoms with Gasteiger partial charge in [-0.2, -0.15) is 0 Å². The molecule has 2 aromatic rings. The van der Waals surface area contributed by atoms with Gasteiger partial charge in [0.15, 0.2) is 0 Å². The highest BCUT2D eigenvalue weighted by Crippen LogP contribution is 2.16. The Morgan fingerprint density at radius 1 is 0.636 bits per heavy atom. The molecule has 0 aromatic heterocycles. The summed E-state index contributed by atoms with van der Waals surface area (Å²) >= 11 is 0. The van der Waals surface area contributed by atoms with E-state index < -0.39 is 0 Å². The minimum Gasteiger partial charge on any atom is -0.508 e. The number of phenolic OH excluding ortho intramolecular Hbond substituents is 2. The fourth-order valence-electron chi connectivity index (χ4n) is 2.13. The average molecular weight is 301 g/mol. The Labute approximate surface area is 133 Å². The second-order valence-corrected chi connectivity index (χ2v) is 5.13. The van der Waals surface area contributed by atoms with Gasteiger partial charge in [0, 0.05) is 0 Å². The molecule has 0 atom stereocenters. The molecule has 0 saturated heterocycles. The zero-order chi connectivity index (χ0) is 16.4. The molecule has 120 valence electrons. The fraction of sp³-hybridized carbons (Fsp3) is 0.368. The number of rotatable bonds is 5. The van der Waals surface area contributed by atoms with Crippen molar-refractivity contribution in [2.45, 2.75) is 27.2 Å². The van der Waals surface area contributed by atoms with Gasteiger partial charge in [-0.05, 0) is 61.4 Å². The highest BCUT2D eigenvalue weighted by molar-refractivity contribution is 5.32. The predicted octanol–water partition coefficient (Wildman–Crippen LogP) is 4.04. The van der Waals surface area contributed by atoms with E-state index >= 15 is 0 Å². The average Bonchev–Trinajstić information content (AvgIpc) is 2.54. The van der Waals surface area contributed by atoms with Crippen LogP contribution >= 0.6 is 0 Å². The summed E-state index contributed by atoms with van der Waals surface area (Å²) in [6.45, 7) is 10.1. The molecular weight excluding hydrogens is 274 g/mol. The van der Waals surface area contributed by atoms with Gasteiger partial charge in [0.2, 0.25) is 0 Å². The lowest BCUT2D eigenvalue weighted by molar-refractivity contribution is 0.321. The molecule has 0 aliphatic rings. The van der Waals surface area contributed by atoms with Crippen molar-refractivity contribution in [1.29, 1.82) is 0 Å². The Morgan fingerprint density at radius 3 is 1.18 bits per heavy atom. The molecule has 2 rings (SSSR count). The highest BCUT2D eigenvalue weighted by Gasteiger charge is 1.96. The topological polar surface area (TPSA) is 43.7 Å². The Kier molecular flexibility index (Phi) is 8.08. The first-order valence-corrected chi connectivity index (χ1v) is 7.87. The van der Waals surface area contributed by atoms with Crippen LogP contribution in [-0.2, 0) is 6.42 Å². The summed E-state index contributed by atoms with van der Waals surface area (Å²) in [5.41, 5.74) is 2.27. The van der Waals surface area contributed by atoms with E-state index in [0.717, 1.165) is 17.5 Å². The maximum atomic E-state index is 9.13. The smallest absolute Gasteiger partial charge is 0.115 e. The predicted molar refractivity (Wildman–Crippen MR) is 92.5 cm³/mol. The Hall–Kier alpha value is -2.00. The highest BCUT2D eigenvalue weighted by atomic mass is 16.3. The van der Waals surface area contributed by atoms with Crippen molar-refractivity contribution in [1.82, 2.24) is 4.90 Å². The molecule has 0 unspecified atom stereocenters. The Morgan fingerprint density at radius 2 is 0.955 bits per heavy atom. The SMILES string of the molecule is CCN(CC)CC.Oc1ccc(Cc2ccc(O)cc2)cc1. The first kappa shape index (κ1) is 18.1. The van der Waals surface area contributed by atoms with Crippen molar-refractivity contribution in [2.24, 2.45) is 0 Å². The van der Waals surface area contributed by atoms with Gasteiger partial charge in [0.25, 0.3) is 0 Å². The van der Waals surface area contributed by atoms with E-state index in [2.05, 4.69) is 25.7 Å².